The number of aromatic nitrogens is 1. The predicted octanol–water partition coefficient (Wildman–Crippen LogP) is 4.23. The van der Waals surface area contributed by atoms with Gasteiger partial charge >= 0.3 is 0 Å². The Morgan fingerprint density at radius 1 is 1.22 bits per heavy atom. The minimum Gasteiger partial charge on any atom is -0.495 e. The van der Waals surface area contributed by atoms with Crippen LogP contribution in [0.4, 0.5) is 5.69 Å². The van der Waals surface area contributed by atoms with Crippen molar-refractivity contribution in [3.63, 3.8) is 0 Å². The van der Waals surface area contributed by atoms with Gasteiger partial charge in [-0.3, -0.25) is 0 Å². The van der Waals surface area contributed by atoms with Gasteiger partial charge in [-0.2, -0.15) is 0 Å². The molecule has 1 heterocycles. The van der Waals surface area contributed by atoms with Crippen molar-refractivity contribution in [2.45, 2.75) is 6.54 Å². The summed E-state index contributed by atoms with van der Waals surface area (Å²) >= 11 is 6.78. The summed E-state index contributed by atoms with van der Waals surface area (Å²) in [7, 11) is 1.65. The van der Waals surface area contributed by atoms with Crippen molar-refractivity contribution in [2.75, 3.05) is 12.4 Å². The third kappa shape index (κ3) is 3.46. The van der Waals surface area contributed by atoms with E-state index in [0.29, 0.717) is 6.54 Å². The maximum atomic E-state index is 5.25. The van der Waals surface area contributed by atoms with Crippen LogP contribution < -0.4 is 10.1 Å². The third-order valence-electron chi connectivity index (χ3n) is 2.40. The highest BCUT2D eigenvalue weighted by Crippen LogP contribution is 2.27. The van der Waals surface area contributed by atoms with Crippen LogP contribution in [0.5, 0.6) is 5.75 Å². The van der Waals surface area contributed by atoms with E-state index in [1.165, 1.54) is 0 Å². The molecule has 0 spiro atoms. The number of benzene rings is 1. The Kier molecular flexibility index (Phi) is 4.60. The fourth-order valence-electron chi connectivity index (χ4n) is 1.51. The van der Waals surface area contributed by atoms with E-state index in [1.807, 2.05) is 36.4 Å². The van der Waals surface area contributed by atoms with Crippen molar-refractivity contribution in [2.24, 2.45) is 0 Å². The van der Waals surface area contributed by atoms with E-state index in [2.05, 4.69) is 42.2 Å². The average Bonchev–Trinajstić information content (AvgIpc) is 2.38. The second-order valence-electron chi connectivity index (χ2n) is 3.65. The summed E-state index contributed by atoms with van der Waals surface area (Å²) in [5.74, 6) is 0.808. The summed E-state index contributed by atoms with van der Waals surface area (Å²) in [5, 5.41) is 3.31. The summed E-state index contributed by atoms with van der Waals surface area (Å²) in [6.45, 7) is 0.671. The van der Waals surface area contributed by atoms with Crippen molar-refractivity contribution in [1.29, 1.82) is 0 Å². The highest BCUT2D eigenvalue weighted by atomic mass is 79.9. The molecular formula is C13H12Br2N2O. The Bertz CT molecular complexity index is 546. The van der Waals surface area contributed by atoms with Crippen molar-refractivity contribution < 1.29 is 4.74 Å². The average molecular weight is 372 g/mol. The first-order valence-electron chi connectivity index (χ1n) is 5.38. The monoisotopic (exact) mass is 370 g/mol. The molecule has 0 aliphatic heterocycles. The normalized spacial score (nSPS) is 10.2. The highest BCUT2D eigenvalue weighted by molar-refractivity contribution is 9.10. The minimum absolute atomic E-state index is 0.671. The quantitative estimate of drug-likeness (QED) is 0.816. The standard InChI is InChI=1S/C13H12Br2N2O/c1-18-12-7-9(5-6-11(12)14)16-8-10-3-2-4-13(15)17-10/h2-7,16H,8H2,1H3. The van der Waals surface area contributed by atoms with Crippen LogP contribution in [0.2, 0.25) is 0 Å². The van der Waals surface area contributed by atoms with E-state index in [9.17, 15) is 0 Å². The van der Waals surface area contributed by atoms with Gasteiger partial charge < -0.3 is 10.1 Å². The molecule has 0 radical (unpaired) electrons. The maximum absolute atomic E-state index is 5.25. The zero-order valence-corrected chi connectivity index (χ0v) is 13.0. The van der Waals surface area contributed by atoms with Gasteiger partial charge in [0.05, 0.1) is 23.8 Å². The molecule has 1 aromatic carbocycles. The Hall–Kier alpha value is -1.07. The van der Waals surface area contributed by atoms with Crippen LogP contribution in [0.1, 0.15) is 5.69 Å². The molecule has 0 atom stereocenters. The number of nitrogens with zero attached hydrogens (tertiary/aromatic N) is 1. The van der Waals surface area contributed by atoms with Crippen molar-refractivity contribution >= 4 is 37.5 Å². The summed E-state index contributed by atoms with van der Waals surface area (Å²) in [5.41, 5.74) is 1.98. The first kappa shape index (κ1) is 13.4. The van der Waals surface area contributed by atoms with E-state index in [-0.39, 0.29) is 0 Å². The number of hydrogen-bond donors (Lipinski definition) is 1. The number of methoxy groups -OCH3 is 1. The molecule has 0 aliphatic carbocycles. The first-order valence-corrected chi connectivity index (χ1v) is 6.96. The topological polar surface area (TPSA) is 34.1 Å². The number of ether oxygens (including phenoxy) is 1. The molecule has 2 aromatic rings. The second kappa shape index (κ2) is 6.20. The Morgan fingerprint density at radius 3 is 2.78 bits per heavy atom. The minimum atomic E-state index is 0.671. The van der Waals surface area contributed by atoms with Crippen LogP contribution in [-0.4, -0.2) is 12.1 Å². The molecule has 18 heavy (non-hydrogen) atoms. The van der Waals surface area contributed by atoms with E-state index in [1.54, 1.807) is 7.11 Å². The van der Waals surface area contributed by atoms with Gasteiger partial charge in [0.25, 0.3) is 0 Å². The van der Waals surface area contributed by atoms with Gasteiger partial charge in [-0.25, -0.2) is 4.98 Å². The Labute approximate surface area is 123 Å². The van der Waals surface area contributed by atoms with E-state index >= 15 is 0 Å². The van der Waals surface area contributed by atoms with Gasteiger partial charge in [0.2, 0.25) is 0 Å². The number of anilines is 1. The van der Waals surface area contributed by atoms with Gasteiger partial charge in [0.1, 0.15) is 10.4 Å². The number of halogens is 2. The van der Waals surface area contributed by atoms with Crippen LogP contribution in [0.15, 0.2) is 45.5 Å². The lowest BCUT2D eigenvalue weighted by Gasteiger charge is -2.09. The number of nitrogens with one attached hydrogen (secondary N) is 1. The fourth-order valence-corrected chi connectivity index (χ4v) is 2.30. The molecule has 94 valence electrons. The van der Waals surface area contributed by atoms with Crippen LogP contribution in [-0.2, 0) is 6.54 Å². The molecule has 5 heteroatoms. The van der Waals surface area contributed by atoms with E-state index < -0.39 is 0 Å². The van der Waals surface area contributed by atoms with Gasteiger partial charge in [-0.05, 0) is 56.1 Å². The van der Waals surface area contributed by atoms with Crippen LogP contribution in [0, 0.1) is 0 Å². The SMILES string of the molecule is COc1cc(NCc2cccc(Br)n2)ccc1Br. The highest BCUT2D eigenvalue weighted by Gasteiger charge is 2.02. The molecule has 0 bridgehead atoms. The lowest BCUT2D eigenvalue weighted by molar-refractivity contribution is 0.412. The van der Waals surface area contributed by atoms with Crippen molar-refractivity contribution in [3.05, 3.63) is 51.2 Å². The third-order valence-corrected chi connectivity index (χ3v) is 3.49. The van der Waals surface area contributed by atoms with Gasteiger partial charge in [-0.1, -0.05) is 6.07 Å². The predicted molar refractivity (Wildman–Crippen MR) is 80.0 cm³/mol. The zero-order valence-electron chi connectivity index (χ0n) is 9.78. The Morgan fingerprint density at radius 2 is 2.06 bits per heavy atom. The maximum Gasteiger partial charge on any atom is 0.135 e. The molecule has 1 N–H and O–H groups in total. The lowest BCUT2D eigenvalue weighted by atomic mass is 10.3. The van der Waals surface area contributed by atoms with Crippen LogP contribution >= 0.6 is 31.9 Å². The number of hydrogen-bond acceptors (Lipinski definition) is 3. The summed E-state index contributed by atoms with van der Waals surface area (Å²) in [6.07, 6.45) is 0. The molecule has 2 rings (SSSR count). The molecule has 1 aromatic heterocycles. The summed E-state index contributed by atoms with van der Waals surface area (Å²) in [4.78, 5) is 4.36. The van der Waals surface area contributed by atoms with Gasteiger partial charge in [0, 0.05) is 11.8 Å². The molecule has 0 saturated carbocycles. The summed E-state index contributed by atoms with van der Waals surface area (Å²) in [6, 6.07) is 11.7. The number of rotatable bonds is 4. The van der Waals surface area contributed by atoms with E-state index in [0.717, 1.165) is 26.2 Å². The first-order chi connectivity index (χ1) is 8.69. The second-order valence-corrected chi connectivity index (χ2v) is 5.32. The molecule has 0 saturated heterocycles. The molecule has 0 aliphatic rings. The van der Waals surface area contributed by atoms with Crippen LogP contribution in [0.25, 0.3) is 0 Å². The molecule has 0 fully saturated rings. The fraction of sp³-hybridized carbons (Fsp3) is 0.154. The van der Waals surface area contributed by atoms with Crippen molar-refractivity contribution in [3.8, 4) is 5.75 Å². The molecular weight excluding hydrogens is 360 g/mol. The van der Waals surface area contributed by atoms with Crippen molar-refractivity contribution in [1.82, 2.24) is 4.98 Å². The zero-order chi connectivity index (χ0) is 13.0. The molecule has 0 amide bonds. The molecule has 0 unspecified atom stereocenters. The lowest BCUT2D eigenvalue weighted by Crippen LogP contribution is -2.01. The number of pyridine rings is 1. The van der Waals surface area contributed by atoms with Crippen LogP contribution in [0.3, 0.4) is 0 Å². The summed E-state index contributed by atoms with van der Waals surface area (Å²) < 4.78 is 7.03. The van der Waals surface area contributed by atoms with Gasteiger partial charge in [0.15, 0.2) is 0 Å². The molecule has 3 nitrogen and oxygen atoms in total. The van der Waals surface area contributed by atoms with Gasteiger partial charge in [-0.15, -0.1) is 0 Å². The largest absolute Gasteiger partial charge is 0.495 e. The van der Waals surface area contributed by atoms with E-state index in [4.69, 9.17) is 4.74 Å². The smallest absolute Gasteiger partial charge is 0.135 e. The Balaban J connectivity index is 2.06.